The van der Waals surface area contributed by atoms with E-state index in [4.69, 9.17) is 0 Å². The van der Waals surface area contributed by atoms with E-state index < -0.39 is 47.2 Å². The minimum atomic E-state index is -5.04. The summed E-state index contributed by atoms with van der Waals surface area (Å²) in [5.74, 6) is -1.88. The van der Waals surface area contributed by atoms with Crippen molar-refractivity contribution in [2.75, 3.05) is 5.32 Å². The maximum absolute atomic E-state index is 14.3. The predicted octanol–water partition coefficient (Wildman–Crippen LogP) is 5.41. The quantitative estimate of drug-likeness (QED) is 0.367. The van der Waals surface area contributed by atoms with Crippen LogP contribution in [-0.4, -0.2) is 21.9 Å². The minimum Gasteiger partial charge on any atom is -0.379 e. The Morgan fingerprint density at radius 3 is 2.62 bits per heavy atom. The molecule has 0 amide bonds. The van der Waals surface area contributed by atoms with Crippen LogP contribution in [0.3, 0.4) is 0 Å². The summed E-state index contributed by atoms with van der Waals surface area (Å²) < 4.78 is 56.9. The third-order valence-corrected chi connectivity index (χ3v) is 6.15. The lowest BCUT2D eigenvalue weighted by molar-refractivity contribution is -0.272. The van der Waals surface area contributed by atoms with Gasteiger partial charge in [-0.2, -0.15) is 13.2 Å². The first-order valence-corrected chi connectivity index (χ1v) is 9.94. The van der Waals surface area contributed by atoms with Crippen LogP contribution in [0.2, 0.25) is 0 Å². The summed E-state index contributed by atoms with van der Waals surface area (Å²) in [6, 6.07) is 6.24. The van der Waals surface area contributed by atoms with Gasteiger partial charge in [-0.15, -0.1) is 4.91 Å². The second-order valence-electron chi connectivity index (χ2n) is 7.87. The second-order valence-corrected chi connectivity index (χ2v) is 7.87. The summed E-state index contributed by atoms with van der Waals surface area (Å²) in [5.41, 5.74) is -4.05. The van der Waals surface area contributed by atoms with Gasteiger partial charge in [0, 0.05) is 22.7 Å². The summed E-state index contributed by atoms with van der Waals surface area (Å²) in [4.78, 5) is 26.0. The Labute approximate surface area is 179 Å². The number of aromatic amines is 1. The molecule has 3 atom stereocenters. The Hall–Kier alpha value is -3.27. The van der Waals surface area contributed by atoms with Crippen molar-refractivity contribution < 1.29 is 22.7 Å². The van der Waals surface area contributed by atoms with Crippen molar-refractivity contribution >= 4 is 22.1 Å². The lowest BCUT2D eigenvalue weighted by Crippen LogP contribution is -2.55. The maximum Gasteiger partial charge on any atom is 0.419 e. The molecule has 0 aliphatic heterocycles. The van der Waals surface area contributed by atoms with Crippen molar-refractivity contribution in [3.63, 3.8) is 0 Å². The molecule has 3 N–H and O–H groups in total. The van der Waals surface area contributed by atoms with Gasteiger partial charge >= 0.3 is 6.18 Å². The summed E-state index contributed by atoms with van der Waals surface area (Å²) in [6.07, 6.45) is -4.33. The largest absolute Gasteiger partial charge is 0.419 e. The highest BCUT2D eigenvalue weighted by Gasteiger charge is 2.62. The maximum atomic E-state index is 14.3. The van der Waals surface area contributed by atoms with Crippen LogP contribution < -0.4 is 10.9 Å². The number of H-pyrrole nitrogens is 1. The van der Waals surface area contributed by atoms with E-state index in [1.807, 2.05) is 0 Å². The van der Waals surface area contributed by atoms with Gasteiger partial charge < -0.3 is 15.4 Å². The fourth-order valence-corrected chi connectivity index (χ4v) is 4.55. The number of nitrogens with one attached hydrogen (secondary N) is 2. The van der Waals surface area contributed by atoms with E-state index >= 15 is 0 Å². The smallest absolute Gasteiger partial charge is 0.379 e. The number of halogens is 4. The highest BCUT2D eigenvalue weighted by atomic mass is 19.4. The number of fused-ring (bicyclic) bond motifs is 2. The van der Waals surface area contributed by atoms with E-state index in [1.165, 1.54) is 30.5 Å². The number of aromatic nitrogens is 1. The molecular formula is C22H19F4N3O3. The highest BCUT2D eigenvalue weighted by Crippen LogP contribution is 2.55. The first-order valence-electron chi connectivity index (χ1n) is 9.94. The number of pyridine rings is 1. The summed E-state index contributed by atoms with van der Waals surface area (Å²) >= 11 is 0. The summed E-state index contributed by atoms with van der Waals surface area (Å²) in [7, 11) is 0. The SMILES string of the molecule is CC[C@@H]1CC(O)(C(F)(F)F)C(Nc2cccc3c(=O)[nH]ccc23)c2ccc(F)c(N=O)c21. The molecule has 0 fully saturated rings. The van der Waals surface area contributed by atoms with Gasteiger partial charge in [-0.3, -0.25) is 4.79 Å². The molecular weight excluding hydrogens is 430 g/mol. The average Bonchev–Trinajstić information content (AvgIpc) is 2.75. The zero-order chi connectivity index (χ0) is 23.3. The van der Waals surface area contributed by atoms with Gasteiger partial charge in [0.15, 0.2) is 11.4 Å². The fraction of sp³-hybridized carbons (Fsp3) is 0.318. The molecule has 32 heavy (non-hydrogen) atoms. The molecule has 6 nitrogen and oxygen atoms in total. The number of anilines is 1. The number of benzene rings is 2. The number of nitrogens with zero attached hydrogens (tertiary/aromatic N) is 1. The molecule has 1 heterocycles. The molecule has 3 aromatic rings. The number of hydrogen-bond acceptors (Lipinski definition) is 5. The third-order valence-electron chi connectivity index (χ3n) is 6.15. The Kier molecular flexibility index (Phi) is 5.28. The highest BCUT2D eigenvalue weighted by molar-refractivity contribution is 5.93. The Bertz CT molecular complexity index is 1260. The predicted molar refractivity (Wildman–Crippen MR) is 111 cm³/mol. The van der Waals surface area contributed by atoms with E-state index in [0.717, 1.165) is 12.1 Å². The topological polar surface area (TPSA) is 94.6 Å². The first-order chi connectivity index (χ1) is 15.1. The number of nitroso groups, excluding NO2 is 1. The van der Waals surface area contributed by atoms with Crippen molar-refractivity contribution in [1.82, 2.24) is 4.98 Å². The lowest BCUT2D eigenvalue weighted by atomic mass is 9.69. The normalized spacial score (nSPS) is 23.1. The summed E-state index contributed by atoms with van der Waals surface area (Å²) in [5, 5.41) is 17.0. The molecule has 0 spiro atoms. The Morgan fingerprint density at radius 1 is 1.22 bits per heavy atom. The van der Waals surface area contributed by atoms with Gasteiger partial charge in [0.1, 0.15) is 5.69 Å². The van der Waals surface area contributed by atoms with Crippen LogP contribution in [-0.2, 0) is 0 Å². The molecule has 10 heteroatoms. The average molecular weight is 449 g/mol. The van der Waals surface area contributed by atoms with Gasteiger partial charge in [0.05, 0.1) is 6.04 Å². The number of alkyl halides is 3. The molecule has 0 bridgehead atoms. The fourth-order valence-electron chi connectivity index (χ4n) is 4.55. The second kappa shape index (κ2) is 7.70. The molecule has 0 saturated heterocycles. The Morgan fingerprint density at radius 2 is 1.97 bits per heavy atom. The number of hydrogen-bond donors (Lipinski definition) is 3. The Balaban J connectivity index is 1.97. The van der Waals surface area contributed by atoms with Crippen molar-refractivity contribution in [2.24, 2.45) is 5.18 Å². The van der Waals surface area contributed by atoms with Crippen LogP contribution in [0.25, 0.3) is 10.8 Å². The molecule has 2 unspecified atom stereocenters. The van der Waals surface area contributed by atoms with Crippen LogP contribution in [0.1, 0.15) is 42.9 Å². The molecule has 168 valence electrons. The van der Waals surface area contributed by atoms with Crippen molar-refractivity contribution in [1.29, 1.82) is 0 Å². The zero-order valence-corrected chi connectivity index (χ0v) is 16.8. The van der Waals surface area contributed by atoms with Gasteiger partial charge in [0.2, 0.25) is 0 Å². The van der Waals surface area contributed by atoms with Crippen LogP contribution >= 0.6 is 0 Å². The molecule has 1 aromatic heterocycles. The number of rotatable bonds is 4. The standard InChI is InChI=1S/C22H19F4N3O3/c1-2-11-10-21(31,22(24,25)26)19(14-6-7-15(23)18(29-32)17(11)14)28-16-5-3-4-13-12(16)8-9-27-20(13)30/h3-9,11,19,28,31H,2,10H2,1H3,(H,27,30)/t11-,19?,21?/m1/s1. The molecule has 4 rings (SSSR count). The van der Waals surface area contributed by atoms with Crippen molar-refractivity contribution in [3.05, 3.63) is 74.8 Å². The zero-order valence-electron chi connectivity index (χ0n) is 16.8. The van der Waals surface area contributed by atoms with E-state index in [9.17, 15) is 32.4 Å². The van der Waals surface area contributed by atoms with Crippen LogP contribution in [0.5, 0.6) is 0 Å². The van der Waals surface area contributed by atoms with Gasteiger partial charge in [-0.05, 0) is 59.3 Å². The van der Waals surface area contributed by atoms with E-state index in [0.29, 0.717) is 5.39 Å². The van der Waals surface area contributed by atoms with Crippen molar-refractivity contribution in [3.8, 4) is 0 Å². The summed E-state index contributed by atoms with van der Waals surface area (Å²) in [6.45, 7) is 1.59. The van der Waals surface area contributed by atoms with Gasteiger partial charge in [-0.1, -0.05) is 19.1 Å². The molecule has 0 radical (unpaired) electrons. The van der Waals surface area contributed by atoms with Gasteiger partial charge in [0.25, 0.3) is 5.56 Å². The lowest BCUT2D eigenvalue weighted by Gasteiger charge is -2.46. The van der Waals surface area contributed by atoms with Crippen LogP contribution in [0.4, 0.5) is 28.9 Å². The van der Waals surface area contributed by atoms with Crippen LogP contribution in [0.15, 0.2) is 52.6 Å². The van der Waals surface area contributed by atoms with Gasteiger partial charge in [-0.25, -0.2) is 4.39 Å². The van der Waals surface area contributed by atoms with E-state index in [1.54, 1.807) is 6.92 Å². The first kappa shape index (κ1) is 21.9. The molecule has 2 aromatic carbocycles. The number of aliphatic hydroxyl groups is 1. The monoisotopic (exact) mass is 449 g/mol. The molecule has 1 aliphatic carbocycles. The van der Waals surface area contributed by atoms with Crippen molar-refractivity contribution in [2.45, 2.75) is 43.5 Å². The molecule has 0 saturated carbocycles. The molecule has 1 aliphatic rings. The van der Waals surface area contributed by atoms with Crippen LogP contribution in [0, 0.1) is 10.7 Å². The van der Waals surface area contributed by atoms with E-state index in [-0.39, 0.29) is 28.6 Å². The minimum absolute atomic E-state index is 0.0482. The third kappa shape index (κ3) is 3.26. The van der Waals surface area contributed by atoms with E-state index in [2.05, 4.69) is 15.5 Å².